The molecular formula is C8H6ClN3O2. The molecule has 2 N–H and O–H groups in total. The van der Waals surface area contributed by atoms with Gasteiger partial charge < -0.3 is 10.1 Å². The molecule has 0 unspecified atom stereocenters. The monoisotopic (exact) mass is 211 g/mol. The topological polar surface area (TPSA) is 78.9 Å². The molecule has 0 aliphatic rings. The minimum absolute atomic E-state index is 0.153. The molecule has 0 aromatic carbocycles. The van der Waals surface area contributed by atoms with Crippen LogP contribution in [0.4, 0.5) is 0 Å². The van der Waals surface area contributed by atoms with Crippen LogP contribution in [0.15, 0.2) is 6.20 Å². The van der Waals surface area contributed by atoms with Gasteiger partial charge in [-0.05, 0) is 12.5 Å². The first kappa shape index (κ1) is 8.96. The van der Waals surface area contributed by atoms with E-state index in [2.05, 4.69) is 15.0 Å². The summed E-state index contributed by atoms with van der Waals surface area (Å²) in [5.41, 5.74) is 1.56. The van der Waals surface area contributed by atoms with Crippen molar-refractivity contribution in [2.45, 2.75) is 6.92 Å². The van der Waals surface area contributed by atoms with Gasteiger partial charge in [0, 0.05) is 6.20 Å². The third kappa shape index (κ3) is 1.22. The second-order valence-electron chi connectivity index (χ2n) is 2.84. The molecule has 14 heavy (non-hydrogen) atoms. The first-order valence-corrected chi connectivity index (χ1v) is 4.21. The predicted octanol–water partition coefficient (Wildman–Crippen LogP) is 1.62. The lowest BCUT2D eigenvalue weighted by Crippen LogP contribution is -1.97. The Morgan fingerprint density at radius 1 is 1.64 bits per heavy atom. The number of carboxylic acids is 1. The van der Waals surface area contributed by atoms with Gasteiger partial charge in [-0.1, -0.05) is 11.6 Å². The number of halogens is 1. The van der Waals surface area contributed by atoms with E-state index in [0.29, 0.717) is 16.2 Å². The molecule has 0 fully saturated rings. The number of fused-ring (bicyclic) bond motifs is 1. The number of imidazole rings is 1. The van der Waals surface area contributed by atoms with Crippen molar-refractivity contribution < 1.29 is 9.90 Å². The molecule has 0 saturated heterocycles. The molecule has 0 bridgehead atoms. The molecule has 0 spiro atoms. The second-order valence-corrected chi connectivity index (χ2v) is 3.22. The summed E-state index contributed by atoms with van der Waals surface area (Å²) >= 11 is 5.94. The van der Waals surface area contributed by atoms with Crippen molar-refractivity contribution in [2.75, 3.05) is 0 Å². The van der Waals surface area contributed by atoms with Crippen LogP contribution in [0.25, 0.3) is 11.2 Å². The Morgan fingerprint density at radius 2 is 2.36 bits per heavy atom. The predicted molar refractivity (Wildman–Crippen MR) is 50.6 cm³/mol. The lowest BCUT2D eigenvalue weighted by molar-refractivity contribution is 0.0685. The number of hydrogen-bond donors (Lipinski definition) is 2. The average molecular weight is 212 g/mol. The minimum atomic E-state index is -1.13. The number of aromatic nitrogens is 3. The highest BCUT2D eigenvalue weighted by molar-refractivity contribution is 6.35. The molecular weight excluding hydrogens is 206 g/mol. The van der Waals surface area contributed by atoms with Gasteiger partial charge in [-0.15, -0.1) is 0 Å². The molecule has 72 valence electrons. The summed E-state index contributed by atoms with van der Waals surface area (Å²) in [6, 6.07) is 0. The average Bonchev–Trinajstić information content (AvgIpc) is 2.56. The Kier molecular flexibility index (Phi) is 1.89. The first-order chi connectivity index (χ1) is 6.59. The van der Waals surface area contributed by atoms with Crippen molar-refractivity contribution in [3.63, 3.8) is 0 Å². The fourth-order valence-corrected chi connectivity index (χ4v) is 1.30. The first-order valence-electron chi connectivity index (χ1n) is 3.83. The fourth-order valence-electron chi connectivity index (χ4n) is 1.12. The van der Waals surface area contributed by atoms with Crippen LogP contribution in [-0.2, 0) is 0 Å². The number of aromatic amines is 1. The zero-order valence-electron chi connectivity index (χ0n) is 7.21. The molecule has 0 amide bonds. The zero-order chi connectivity index (χ0) is 10.3. The van der Waals surface area contributed by atoms with E-state index in [1.54, 1.807) is 13.1 Å². The summed E-state index contributed by atoms with van der Waals surface area (Å²) < 4.78 is 0. The Balaban J connectivity index is 2.77. The van der Waals surface area contributed by atoms with Gasteiger partial charge >= 0.3 is 5.97 Å². The van der Waals surface area contributed by atoms with E-state index < -0.39 is 5.97 Å². The Hall–Kier alpha value is -1.62. The summed E-state index contributed by atoms with van der Waals surface area (Å²) in [7, 11) is 0. The summed E-state index contributed by atoms with van der Waals surface area (Å²) in [6.07, 6.45) is 1.55. The number of nitrogens with zero attached hydrogens (tertiary/aromatic N) is 2. The standard InChI is InChI=1S/C8H6ClN3O2/c1-3-2-10-6-5(4(3)9)11-7(12-6)8(13)14/h2H,1H3,(H,13,14)(H,10,11,12). The molecule has 2 aromatic heterocycles. The molecule has 2 heterocycles. The number of H-pyrrole nitrogens is 1. The number of pyridine rings is 1. The van der Waals surface area contributed by atoms with E-state index in [1.807, 2.05) is 0 Å². The van der Waals surface area contributed by atoms with Crippen LogP contribution in [0.1, 0.15) is 16.2 Å². The maximum Gasteiger partial charge on any atom is 0.371 e. The summed E-state index contributed by atoms with van der Waals surface area (Å²) in [4.78, 5) is 20.9. The number of aryl methyl sites for hydroxylation is 1. The Morgan fingerprint density at radius 3 is 3.00 bits per heavy atom. The number of hydrogen-bond acceptors (Lipinski definition) is 3. The van der Waals surface area contributed by atoms with Gasteiger partial charge in [-0.2, -0.15) is 0 Å². The van der Waals surface area contributed by atoms with Crippen molar-refractivity contribution in [1.82, 2.24) is 15.0 Å². The Labute approximate surface area is 83.8 Å². The van der Waals surface area contributed by atoms with Crippen LogP contribution < -0.4 is 0 Å². The van der Waals surface area contributed by atoms with Crippen LogP contribution >= 0.6 is 11.6 Å². The van der Waals surface area contributed by atoms with Crippen LogP contribution in [0.5, 0.6) is 0 Å². The molecule has 0 radical (unpaired) electrons. The van der Waals surface area contributed by atoms with Gasteiger partial charge in [0.1, 0.15) is 5.52 Å². The third-order valence-electron chi connectivity index (χ3n) is 1.83. The van der Waals surface area contributed by atoms with Crippen LogP contribution in [-0.4, -0.2) is 26.0 Å². The van der Waals surface area contributed by atoms with Gasteiger partial charge in [0.25, 0.3) is 0 Å². The molecule has 6 heteroatoms. The molecule has 2 aromatic rings. The summed E-state index contributed by atoms with van der Waals surface area (Å²) in [6.45, 7) is 1.79. The van der Waals surface area contributed by atoms with Crippen LogP contribution in [0.3, 0.4) is 0 Å². The molecule has 0 atom stereocenters. The SMILES string of the molecule is Cc1cnc2nc(C(=O)O)[nH]c2c1Cl. The van der Waals surface area contributed by atoms with Crippen molar-refractivity contribution in [1.29, 1.82) is 0 Å². The minimum Gasteiger partial charge on any atom is -0.475 e. The quantitative estimate of drug-likeness (QED) is 0.751. The number of rotatable bonds is 1. The number of aromatic carboxylic acids is 1. The van der Waals surface area contributed by atoms with Gasteiger partial charge in [0.15, 0.2) is 5.65 Å². The second kappa shape index (κ2) is 2.95. The smallest absolute Gasteiger partial charge is 0.371 e. The van der Waals surface area contributed by atoms with Crippen molar-refractivity contribution in [3.8, 4) is 0 Å². The normalized spacial score (nSPS) is 10.7. The number of carbonyl (C=O) groups is 1. The zero-order valence-corrected chi connectivity index (χ0v) is 7.96. The molecule has 0 saturated carbocycles. The lowest BCUT2D eigenvalue weighted by Gasteiger charge is -1.95. The summed E-state index contributed by atoms with van der Waals surface area (Å²) in [5.74, 6) is -1.28. The maximum atomic E-state index is 10.6. The van der Waals surface area contributed by atoms with E-state index in [1.165, 1.54) is 0 Å². The molecule has 0 aliphatic carbocycles. The third-order valence-corrected chi connectivity index (χ3v) is 2.32. The molecule has 5 nitrogen and oxygen atoms in total. The van der Waals surface area contributed by atoms with E-state index in [-0.39, 0.29) is 5.82 Å². The highest BCUT2D eigenvalue weighted by atomic mass is 35.5. The Bertz CT molecular complexity index is 521. The number of nitrogens with one attached hydrogen (secondary N) is 1. The van der Waals surface area contributed by atoms with Gasteiger partial charge in [0.05, 0.1) is 5.02 Å². The number of carboxylic acid groups (broad SMARTS) is 1. The van der Waals surface area contributed by atoms with E-state index in [9.17, 15) is 4.79 Å². The van der Waals surface area contributed by atoms with Crippen LogP contribution in [0.2, 0.25) is 5.02 Å². The largest absolute Gasteiger partial charge is 0.475 e. The van der Waals surface area contributed by atoms with Crippen molar-refractivity contribution in [2.24, 2.45) is 0 Å². The van der Waals surface area contributed by atoms with E-state index in [0.717, 1.165) is 5.56 Å². The van der Waals surface area contributed by atoms with Gasteiger partial charge in [0.2, 0.25) is 5.82 Å². The fraction of sp³-hybridized carbons (Fsp3) is 0.125. The van der Waals surface area contributed by atoms with Crippen molar-refractivity contribution in [3.05, 3.63) is 22.6 Å². The van der Waals surface area contributed by atoms with Gasteiger partial charge in [-0.3, -0.25) is 0 Å². The van der Waals surface area contributed by atoms with Crippen LogP contribution in [0, 0.1) is 6.92 Å². The molecule has 2 rings (SSSR count). The molecule has 0 aliphatic heterocycles. The highest BCUT2D eigenvalue weighted by Crippen LogP contribution is 2.22. The highest BCUT2D eigenvalue weighted by Gasteiger charge is 2.13. The maximum absolute atomic E-state index is 10.6. The lowest BCUT2D eigenvalue weighted by atomic mass is 10.3. The van der Waals surface area contributed by atoms with Crippen molar-refractivity contribution >= 4 is 28.7 Å². The van der Waals surface area contributed by atoms with E-state index in [4.69, 9.17) is 16.7 Å². The summed E-state index contributed by atoms with van der Waals surface area (Å²) in [5, 5.41) is 9.14. The van der Waals surface area contributed by atoms with Gasteiger partial charge in [-0.25, -0.2) is 14.8 Å². The van der Waals surface area contributed by atoms with E-state index >= 15 is 0 Å².